The van der Waals surface area contributed by atoms with Crippen molar-refractivity contribution in [3.8, 4) is 0 Å². The van der Waals surface area contributed by atoms with Crippen LogP contribution in [0.3, 0.4) is 0 Å². The summed E-state index contributed by atoms with van der Waals surface area (Å²) in [5.74, 6) is 1.53. The average molecular weight is 293 g/mol. The fourth-order valence-electron chi connectivity index (χ4n) is 2.72. The van der Waals surface area contributed by atoms with Crippen LogP contribution in [0.5, 0.6) is 0 Å². The monoisotopic (exact) mass is 293 g/mol. The SMILES string of the molecule is CC(C)c1cccc(NC(N)=NC2CC2c2ccccc2)c1. The molecule has 2 unspecified atom stereocenters. The minimum atomic E-state index is 0.309. The average Bonchev–Trinajstić information content (AvgIpc) is 3.27. The molecule has 2 atom stereocenters. The second kappa shape index (κ2) is 6.22. The van der Waals surface area contributed by atoms with Gasteiger partial charge < -0.3 is 11.1 Å². The molecule has 22 heavy (non-hydrogen) atoms. The molecule has 0 heterocycles. The Morgan fingerprint density at radius 2 is 1.91 bits per heavy atom. The van der Waals surface area contributed by atoms with Crippen LogP contribution in [0.4, 0.5) is 5.69 Å². The lowest BCUT2D eigenvalue weighted by molar-refractivity contribution is 0.867. The number of benzene rings is 2. The number of aliphatic imine (C=N–C) groups is 1. The van der Waals surface area contributed by atoms with Gasteiger partial charge >= 0.3 is 0 Å². The van der Waals surface area contributed by atoms with Crippen molar-refractivity contribution >= 4 is 11.6 Å². The molecule has 0 saturated heterocycles. The van der Waals surface area contributed by atoms with E-state index in [0.717, 1.165) is 12.1 Å². The molecule has 3 nitrogen and oxygen atoms in total. The van der Waals surface area contributed by atoms with E-state index in [0.29, 0.717) is 23.8 Å². The van der Waals surface area contributed by atoms with E-state index >= 15 is 0 Å². The Morgan fingerprint density at radius 1 is 1.14 bits per heavy atom. The van der Waals surface area contributed by atoms with Crippen molar-refractivity contribution in [2.75, 3.05) is 5.32 Å². The van der Waals surface area contributed by atoms with Gasteiger partial charge in [0, 0.05) is 11.6 Å². The largest absolute Gasteiger partial charge is 0.370 e. The summed E-state index contributed by atoms with van der Waals surface area (Å²) in [5, 5.41) is 3.21. The van der Waals surface area contributed by atoms with Crippen molar-refractivity contribution < 1.29 is 0 Å². The van der Waals surface area contributed by atoms with Crippen molar-refractivity contribution in [2.24, 2.45) is 10.7 Å². The van der Waals surface area contributed by atoms with Crippen LogP contribution in [0.25, 0.3) is 0 Å². The minimum absolute atomic E-state index is 0.309. The predicted molar refractivity (Wildman–Crippen MR) is 93.4 cm³/mol. The summed E-state index contributed by atoms with van der Waals surface area (Å²) in [4.78, 5) is 4.60. The highest BCUT2D eigenvalue weighted by Crippen LogP contribution is 2.43. The van der Waals surface area contributed by atoms with Crippen LogP contribution >= 0.6 is 0 Å². The van der Waals surface area contributed by atoms with Gasteiger partial charge in [0.05, 0.1) is 6.04 Å². The number of nitrogens with zero attached hydrogens (tertiary/aromatic N) is 1. The first-order chi connectivity index (χ1) is 10.6. The zero-order valence-electron chi connectivity index (χ0n) is 13.2. The number of guanidine groups is 1. The molecule has 0 bridgehead atoms. The molecule has 114 valence electrons. The zero-order valence-corrected chi connectivity index (χ0v) is 13.2. The van der Waals surface area contributed by atoms with Crippen molar-refractivity contribution in [1.29, 1.82) is 0 Å². The first-order valence-corrected chi connectivity index (χ1v) is 7.88. The Bertz CT molecular complexity index is 661. The smallest absolute Gasteiger partial charge is 0.193 e. The van der Waals surface area contributed by atoms with Gasteiger partial charge in [0.2, 0.25) is 0 Å². The second-order valence-electron chi connectivity index (χ2n) is 6.24. The maximum Gasteiger partial charge on any atom is 0.193 e. The van der Waals surface area contributed by atoms with Gasteiger partial charge in [-0.2, -0.15) is 0 Å². The van der Waals surface area contributed by atoms with E-state index in [2.05, 4.69) is 66.6 Å². The Kier molecular flexibility index (Phi) is 4.14. The summed E-state index contributed by atoms with van der Waals surface area (Å²) in [5.41, 5.74) is 9.71. The van der Waals surface area contributed by atoms with Crippen molar-refractivity contribution in [3.63, 3.8) is 0 Å². The molecule has 0 amide bonds. The molecular weight excluding hydrogens is 270 g/mol. The van der Waals surface area contributed by atoms with Gasteiger partial charge in [-0.25, -0.2) is 4.99 Å². The standard InChI is InChI=1S/C19H23N3/c1-13(2)15-9-6-10-16(11-15)21-19(20)22-18-12-17(18)14-7-4-3-5-8-14/h3-11,13,17-18H,12H2,1-2H3,(H3,20,21,22). The third kappa shape index (κ3) is 3.48. The van der Waals surface area contributed by atoms with E-state index in [1.165, 1.54) is 11.1 Å². The Morgan fingerprint density at radius 3 is 2.64 bits per heavy atom. The van der Waals surface area contributed by atoms with E-state index in [1.54, 1.807) is 0 Å². The third-order valence-corrected chi connectivity index (χ3v) is 4.12. The number of nitrogens with two attached hydrogens (primary N) is 1. The number of hydrogen-bond donors (Lipinski definition) is 2. The fourth-order valence-corrected chi connectivity index (χ4v) is 2.72. The quantitative estimate of drug-likeness (QED) is 0.659. The van der Waals surface area contributed by atoms with E-state index in [9.17, 15) is 0 Å². The van der Waals surface area contributed by atoms with Crippen LogP contribution in [-0.2, 0) is 0 Å². The van der Waals surface area contributed by atoms with Gasteiger partial charge in [0.1, 0.15) is 0 Å². The molecule has 1 aliphatic rings. The first-order valence-electron chi connectivity index (χ1n) is 7.88. The molecule has 3 N–H and O–H groups in total. The summed E-state index contributed by atoms with van der Waals surface area (Å²) in [6.45, 7) is 4.37. The predicted octanol–water partition coefficient (Wildman–Crippen LogP) is 4.09. The molecule has 1 fully saturated rings. The molecule has 0 radical (unpaired) electrons. The molecule has 1 aliphatic carbocycles. The molecule has 0 aromatic heterocycles. The van der Waals surface area contributed by atoms with E-state index in [1.807, 2.05) is 12.1 Å². The molecule has 2 aromatic rings. The van der Waals surface area contributed by atoms with Crippen LogP contribution in [0.15, 0.2) is 59.6 Å². The van der Waals surface area contributed by atoms with Crippen LogP contribution in [-0.4, -0.2) is 12.0 Å². The van der Waals surface area contributed by atoms with Crippen molar-refractivity contribution in [1.82, 2.24) is 0 Å². The zero-order chi connectivity index (χ0) is 15.5. The highest BCUT2D eigenvalue weighted by Gasteiger charge is 2.38. The second-order valence-corrected chi connectivity index (χ2v) is 6.24. The van der Waals surface area contributed by atoms with Gasteiger partial charge in [0.15, 0.2) is 5.96 Å². The molecule has 0 spiro atoms. The lowest BCUT2D eigenvalue weighted by Gasteiger charge is -2.10. The Hall–Kier alpha value is -2.29. The normalized spacial score (nSPS) is 21.0. The summed E-state index contributed by atoms with van der Waals surface area (Å²) < 4.78 is 0. The number of hydrogen-bond acceptors (Lipinski definition) is 1. The minimum Gasteiger partial charge on any atom is -0.370 e. The lowest BCUT2D eigenvalue weighted by atomic mass is 10.0. The van der Waals surface area contributed by atoms with Crippen LogP contribution in [0.1, 0.15) is 43.2 Å². The van der Waals surface area contributed by atoms with E-state index in [-0.39, 0.29) is 0 Å². The molecule has 2 aromatic carbocycles. The van der Waals surface area contributed by atoms with Crippen LogP contribution in [0.2, 0.25) is 0 Å². The summed E-state index contributed by atoms with van der Waals surface area (Å²) >= 11 is 0. The van der Waals surface area contributed by atoms with E-state index in [4.69, 9.17) is 5.73 Å². The summed E-state index contributed by atoms with van der Waals surface area (Å²) in [7, 11) is 0. The van der Waals surface area contributed by atoms with Gasteiger partial charge in [-0.15, -0.1) is 0 Å². The molecule has 3 rings (SSSR count). The van der Waals surface area contributed by atoms with Crippen molar-refractivity contribution in [2.45, 2.75) is 38.1 Å². The number of anilines is 1. The summed E-state index contributed by atoms with van der Waals surface area (Å²) in [6, 6.07) is 19.2. The van der Waals surface area contributed by atoms with Gasteiger partial charge in [-0.3, -0.25) is 0 Å². The molecule has 3 heteroatoms. The third-order valence-electron chi connectivity index (χ3n) is 4.12. The Balaban J connectivity index is 1.63. The van der Waals surface area contributed by atoms with Gasteiger partial charge in [-0.1, -0.05) is 56.3 Å². The van der Waals surface area contributed by atoms with Gasteiger partial charge in [0.25, 0.3) is 0 Å². The maximum absolute atomic E-state index is 6.05. The number of rotatable bonds is 4. The first kappa shape index (κ1) is 14.6. The van der Waals surface area contributed by atoms with Crippen molar-refractivity contribution in [3.05, 3.63) is 65.7 Å². The summed E-state index contributed by atoms with van der Waals surface area (Å²) in [6.07, 6.45) is 1.08. The highest BCUT2D eigenvalue weighted by molar-refractivity contribution is 5.92. The topological polar surface area (TPSA) is 50.4 Å². The highest BCUT2D eigenvalue weighted by atomic mass is 15.1. The molecule has 1 saturated carbocycles. The Labute approximate surface area is 132 Å². The maximum atomic E-state index is 6.05. The lowest BCUT2D eigenvalue weighted by Crippen LogP contribution is -2.23. The van der Waals surface area contributed by atoms with Crippen LogP contribution < -0.4 is 11.1 Å². The van der Waals surface area contributed by atoms with Crippen LogP contribution in [0, 0.1) is 0 Å². The van der Waals surface area contributed by atoms with E-state index < -0.39 is 0 Å². The van der Waals surface area contributed by atoms with Gasteiger partial charge in [-0.05, 0) is 35.6 Å². The molecule has 0 aliphatic heterocycles. The molecular formula is C19H23N3. The number of nitrogens with one attached hydrogen (secondary N) is 1. The fraction of sp³-hybridized carbons (Fsp3) is 0.316.